The van der Waals surface area contributed by atoms with Crippen molar-refractivity contribution in [1.29, 1.82) is 0 Å². The van der Waals surface area contributed by atoms with E-state index in [0.717, 1.165) is 18.2 Å². The number of rotatable bonds is 5. The van der Waals surface area contributed by atoms with Gasteiger partial charge in [0.05, 0.1) is 23.0 Å². The van der Waals surface area contributed by atoms with Crippen LogP contribution in [0, 0.1) is 25.6 Å². The fourth-order valence-corrected chi connectivity index (χ4v) is 1.66. The van der Waals surface area contributed by atoms with E-state index < -0.39 is 38.6 Å². The van der Waals surface area contributed by atoms with Crippen LogP contribution in [0.2, 0.25) is 0 Å². The number of ether oxygens (including phenoxy) is 1. The highest BCUT2D eigenvalue weighted by molar-refractivity contribution is 5.76. The first kappa shape index (κ1) is 18.1. The lowest BCUT2D eigenvalue weighted by molar-refractivity contribution is -0.393. The zero-order chi connectivity index (χ0) is 17.8. The molecule has 0 saturated carbocycles. The van der Waals surface area contributed by atoms with Crippen LogP contribution in [-0.2, 0) is 9.53 Å². The molecule has 1 aromatic carbocycles. The zero-order valence-corrected chi connectivity index (χ0v) is 13.0. The third-order valence-electron chi connectivity index (χ3n) is 2.89. The second-order valence-electron chi connectivity index (χ2n) is 5.69. The molecule has 0 spiro atoms. The highest BCUT2D eigenvalue weighted by Gasteiger charge is 2.32. The van der Waals surface area contributed by atoms with Crippen LogP contribution in [-0.4, -0.2) is 29.0 Å². The highest BCUT2D eigenvalue weighted by Crippen LogP contribution is 2.33. The van der Waals surface area contributed by atoms with Crippen LogP contribution >= 0.6 is 0 Å². The Morgan fingerprint density at radius 3 is 2.26 bits per heavy atom. The summed E-state index contributed by atoms with van der Waals surface area (Å²) < 4.78 is 4.64. The zero-order valence-electron chi connectivity index (χ0n) is 13.0. The van der Waals surface area contributed by atoms with Crippen molar-refractivity contribution < 1.29 is 19.4 Å². The molecule has 0 N–H and O–H groups in total. The Morgan fingerprint density at radius 1 is 1.22 bits per heavy atom. The van der Waals surface area contributed by atoms with Gasteiger partial charge in [0.25, 0.3) is 5.69 Å². The Bertz CT molecular complexity index is 665. The average Bonchev–Trinajstić information content (AvgIpc) is 2.45. The van der Waals surface area contributed by atoms with Gasteiger partial charge in [0.2, 0.25) is 0 Å². The topological polar surface area (TPSA) is 137 Å². The average molecular weight is 324 g/mol. The van der Waals surface area contributed by atoms with Gasteiger partial charge < -0.3 is 4.74 Å². The second-order valence-corrected chi connectivity index (χ2v) is 5.69. The summed E-state index contributed by atoms with van der Waals surface area (Å²) in [6, 6.07) is 2.00. The Labute approximate surface area is 131 Å². The van der Waals surface area contributed by atoms with E-state index >= 15 is 0 Å². The van der Waals surface area contributed by atoms with Gasteiger partial charge in [-0.1, -0.05) is 20.8 Å². The lowest BCUT2D eigenvalue weighted by Crippen LogP contribution is -2.33. The lowest BCUT2D eigenvalue weighted by Gasteiger charge is -2.23. The first-order valence-corrected chi connectivity index (χ1v) is 6.49. The van der Waals surface area contributed by atoms with E-state index in [-0.39, 0.29) is 5.69 Å². The van der Waals surface area contributed by atoms with Crippen molar-refractivity contribution in [3.8, 4) is 0 Å². The number of nitrogens with zero attached hydrogens (tertiary/aromatic N) is 4. The molecule has 0 fully saturated rings. The van der Waals surface area contributed by atoms with Crippen LogP contribution in [0.4, 0.5) is 17.1 Å². The van der Waals surface area contributed by atoms with Crippen LogP contribution < -0.4 is 0 Å². The molecule has 1 rings (SSSR count). The number of azo groups is 1. The minimum absolute atomic E-state index is 0.182. The number of hydrogen-bond acceptors (Lipinski definition) is 8. The number of methoxy groups -OCH3 is 1. The molecule has 0 heterocycles. The number of non-ortho nitro benzene ring substituents is 1. The number of carbonyl (C=O) groups is 1. The minimum Gasteiger partial charge on any atom is -0.467 e. The number of nitro benzene ring substituents is 2. The first-order valence-electron chi connectivity index (χ1n) is 6.49. The summed E-state index contributed by atoms with van der Waals surface area (Å²) in [5, 5.41) is 29.3. The molecule has 0 radical (unpaired) electrons. The molecule has 0 bridgehead atoms. The lowest BCUT2D eigenvalue weighted by atomic mass is 9.87. The molecule has 1 unspecified atom stereocenters. The minimum atomic E-state index is -0.970. The van der Waals surface area contributed by atoms with Crippen molar-refractivity contribution in [2.75, 3.05) is 7.11 Å². The molecule has 10 heteroatoms. The SMILES string of the molecule is COC(=O)C(N=Nc1ccc([N+](=O)[O-])cc1[N+](=O)[O-])C(C)(C)C. The van der Waals surface area contributed by atoms with Crippen molar-refractivity contribution in [3.05, 3.63) is 38.4 Å². The van der Waals surface area contributed by atoms with Crippen LogP contribution in [0.3, 0.4) is 0 Å². The largest absolute Gasteiger partial charge is 0.467 e. The maximum absolute atomic E-state index is 11.7. The maximum Gasteiger partial charge on any atom is 0.333 e. The predicted molar refractivity (Wildman–Crippen MR) is 79.5 cm³/mol. The molecule has 10 nitrogen and oxygen atoms in total. The van der Waals surface area contributed by atoms with Gasteiger partial charge in [-0.05, 0) is 11.5 Å². The molecule has 0 amide bonds. The summed E-state index contributed by atoms with van der Waals surface area (Å²) in [5.41, 5.74) is -1.80. The fraction of sp³-hybridized carbons (Fsp3) is 0.462. The third-order valence-corrected chi connectivity index (χ3v) is 2.89. The van der Waals surface area contributed by atoms with Gasteiger partial charge in [-0.3, -0.25) is 20.2 Å². The molecular weight excluding hydrogens is 308 g/mol. The van der Waals surface area contributed by atoms with Crippen LogP contribution in [0.25, 0.3) is 0 Å². The monoisotopic (exact) mass is 324 g/mol. The smallest absolute Gasteiger partial charge is 0.333 e. The van der Waals surface area contributed by atoms with Gasteiger partial charge >= 0.3 is 11.7 Å². The van der Waals surface area contributed by atoms with Crippen LogP contribution in [0.1, 0.15) is 20.8 Å². The van der Waals surface area contributed by atoms with Crippen molar-refractivity contribution in [3.63, 3.8) is 0 Å². The van der Waals surface area contributed by atoms with E-state index in [9.17, 15) is 25.0 Å². The van der Waals surface area contributed by atoms with Gasteiger partial charge in [0.15, 0.2) is 11.7 Å². The maximum atomic E-state index is 11.7. The molecule has 0 aliphatic carbocycles. The molecule has 124 valence electrons. The number of hydrogen-bond donors (Lipinski definition) is 0. The molecular formula is C13H16N4O6. The van der Waals surface area contributed by atoms with E-state index in [1.807, 2.05) is 0 Å². The number of esters is 1. The van der Waals surface area contributed by atoms with Crippen molar-refractivity contribution >= 4 is 23.0 Å². The van der Waals surface area contributed by atoms with E-state index in [0.29, 0.717) is 0 Å². The van der Waals surface area contributed by atoms with E-state index in [1.54, 1.807) is 20.8 Å². The molecule has 1 atom stereocenters. The summed E-state index contributed by atoms with van der Waals surface area (Å²) >= 11 is 0. The summed E-state index contributed by atoms with van der Waals surface area (Å²) in [6.45, 7) is 5.20. The van der Waals surface area contributed by atoms with E-state index in [1.165, 1.54) is 7.11 Å². The summed E-state index contributed by atoms with van der Waals surface area (Å²) in [7, 11) is 1.20. The van der Waals surface area contributed by atoms with Gasteiger partial charge in [0, 0.05) is 6.07 Å². The van der Waals surface area contributed by atoms with Crippen molar-refractivity contribution in [1.82, 2.24) is 0 Å². The summed E-state index contributed by atoms with van der Waals surface area (Å²) in [5.74, 6) is -0.634. The molecule has 0 saturated heterocycles. The Hall–Kier alpha value is -2.91. The van der Waals surface area contributed by atoms with Gasteiger partial charge in [0.1, 0.15) is 0 Å². The molecule has 0 aromatic heterocycles. The van der Waals surface area contributed by atoms with Gasteiger partial charge in [-0.2, -0.15) is 5.11 Å². The quantitative estimate of drug-likeness (QED) is 0.353. The fourth-order valence-electron chi connectivity index (χ4n) is 1.66. The van der Waals surface area contributed by atoms with Crippen molar-refractivity contribution in [2.45, 2.75) is 26.8 Å². The molecule has 1 aromatic rings. The van der Waals surface area contributed by atoms with Crippen LogP contribution in [0.5, 0.6) is 0 Å². The number of benzene rings is 1. The Morgan fingerprint density at radius 2 is 1.83 bits per heavy atom. The number of nitro groups is 2. The molecule has 0 aliphatic heterocycles. The second kappa shape index (κ2) is 6.90. The van der Waals surface area contributed by atoms with Gasteiger partial charge in [-0.15, -0.1) is 5.11 Å². The van der Waals surface area contributed by atoms with E-state index in [4.69, 9.17) is 0 Å². The van der Waals surface area contributed by atoms with Crippen molar-refractivity contribution in [2.24, 2.45) is 15.6 Å². The summed E-state index contributed by atoms with van der Waals surface area (Å²) in [4.78, 5) is 31.9. The Kier molecular flexibility index (Phi) is 5.44. The third kappa shape index (κ3) is 4.53. The number of carbonyl (C=O) groups excluding carboxylic acids is 1. The summed E-state index contributed by atoms with van der Waals surface area (Å²) in [6.07, 6.45) is 0. The highest BCUT2D eigenvalue weighted by atomic mass is 16.6. The Balaban J connectivity index is 3.28. The van der Waals surface area contributed by atoms with E-state index in [2.05, 4.69) is 15.0 Å². The normalized spacial score (nSPS) is 12.9. The molecule has 23 heavy (non-hydrogen) atoms. The predicted octanol–water partition coefficient (Wildman–Crippen LogP) is 3.17. The first-order chi connectivity index (χ1) is 10.6. The molecule has 0 aliphatic rings. The standard InChI is InChI=1S/C13H16N4O6/c1-13(2,3)11(12(18)23-4)15-14-9-6-5-8(16(19)20)7-10(9)17(21)22/h5-7,11H,1-4H3. The van der Waals surface area contributed by atoms with Crippen LogP contribution in [0.15, 0.2) is 28.4 Å². The van der Waals surface area contributed by atoms with Gasteiger partial charge in [-0.25, -0.2) is 4.79 Å².